The van der Waals surface area contributed by atoms with E-state index in [0.29, 0.717) is 6.07 Å². The minimum absolute atomic E-state index is 0. The number of hydrogen-bond donors (Lipinski definition) is 2. The van der Waals surface area contributed by atoms with Crippen molar-refractivity contribution in [3.05, 3.63) is 29.8 Å². The number of benzene rings is 1. The minimum Gasteiger partial charge on any atom is -0.316 e. The molecule has 2 unspecified atom stereocenters. The fraction of sp³-hybridized carbons (Fsp3) is 0.538. The van der Waals surface area contributed by atoms with Gasteiger partial charge in [0.05, 0.1) is 4.90 Å². The first kappa shape index (κ1) is 18.3. The van der Waals surface area contributed by atoms with E-state index < -0.39 is 21.7 Å². The largest absolute Gasteiger partial charge is 0.316 e. The summed E-state index contributed by atoms with van der Waals surface area (Å²) in [5, 5.41) is 3.21. The van der Waals surface area contributed by atoms with Gasteiger partial charge in [0.25, 0.3) is 0 Å². The second kappa shape index (κ2) is 7.49. The van der Waals surface area contributed by atoms with Gasteiger partial charge >= 0.3 is 0 Å². The van der Waals surface area contributed by atoms with Gasteiger partial charge in [0, 0.05) is 6.04 Å². The predicted octanol–water partition coefficient (Wildman–Crippen LogP) is 2.05. The molecule has 1 fully saturated rings. The van der Waals surface area contributed by atoms with Gasteiger partial charge in [0.2, 0.25) is 10.0 Å². The first-order chi connectivity index (χ1) is 9.40. The van der Waals surface area contributed by atoms with Crippen LogP contribution < -0.4 is 10.0 Å². The number of nitrogens with one attached hydrogen (secondary N) is 2. The molecule has 120 valence electrons. The van der Waals surface area contributed by atoms with Crippen LogP contribution in [0.5, 0.6) is 0 Å². The Morgan fingerprint density at radius 3 is 2.62 bits per heavy atom. The van der Waals surface area contributed by atoms with E-state index in [1.165, 1.54) is 0 Å². The fourth-order valence-corrected chi connectivity index (χ4v) is 3.68. The van der Waals surface area contributed by atoms with Gasteiger partial charge in [-0.3, -0.25) is 0 Å². The second-order valence-electron chi connectivity index (χ2n) is 5.09. The SMILES string of the molecule is CC(NS(=O)(=O)c1ccc(F)c(F)c1)C1CCCNC1.Cl. The highest BCUT2D eigenvalue weighted by Gasteiger charge is 2.25. The van der Waals surface area contributed by atoms with Gasteiger partial charge in [-0.25, -0.2) is 21.9 Å². The molecule has 0 spiro atoms. The number of rotatable bonds is 4. The van der Waals surface area contributed by atoms with Gasteiger partial charge in [-0.1, -0.05) is 0 Å². The molecular weight excluding hydrogens is 322 g/mol. The molecule has 1 aliphatic rings. The lowest BCUT2D eigenvalue weighted by molar-refractivity contribution is 0.320. The van der Waals surface area contributed by atoms with E-state index in [1.807, 2.05) is 0 Å². The average molecular weight is 341 g/mol. The molecule has 1 aromatic rings. The molecule has 1 heterocycles. The van der Waals surface area contributed by atoms with Crippen LogP contribution in [0.1, 0.15) is 19.8 Å². The molecule has 0 bridgehead atoms. The van der Waals surface area contributed by atoms with Crippen LogP contribution in [-0.4, -0.2) is 27.5 Å². The van der Waals surface area contributed by atoms with E-state index in [4.69, 9.17) is 0 Å². The Bertz CT molecular complexity index is 578. The van der Waals surface area contributed by atoms with E-state index >= 15 is 0 Å². The van der Waals surface area contributed by atoms with Crippen LogP contribution >= 0.6 is 12.4 Å². The summed E-state index contributed by atoms with van der Waals surface area (Å²) >= 11 is 0. The number of halogens is 3. The third-order valence-corrected chi connectivity index (χ3v) is 5.14. The zero-order chi connectivity index (χ0) is 14.8. The van der Waals surface area contributed by atoms with Gasteiger partial charge in [0.15, 0.2) is 11.6 Å². The van der Waals surface area contributed by atoms with E-state index in [9.17, 15) is 17.2 Å². The highest BCUT2D eigenvalue weighted by atomic mass is 35.5. The molecule has 4 nitrogen and oxygen atoms in total. The van der Waals surface area contributed by atoms with Crippen molar-refractivity contribution in [2.45, 2.75) is 30.7 Å². The van der Waals surface area contributed by atoms with Crippen molar-refractivity contribution in [2.24, 2.45) is 5.92 Å². The Morgan fingerprint density at radius 1 is 1.33 bits per heavy atom. The van der Waals surface area contributed by atoms with E-state index in [0.717, 1.165) is 38.1 Å². The summed E-state index contributed by atoms with van der Waals surface area (Å²) in [5.41, 5.74) is 0. The lowest BCUT2D eigenvalue weighted by Gasteiger charge is -2.28. The van der Waals surface area contributed by atoms with Crippen molar-refractivity contribution in [3.8, 4) is 0 Å². The number of sulfonamides is 1. The Hall–Kier alpha value is -0.760. The molecule has 21 heavy (non-hydrogen) atoms. The maximum Gasteiger partial charge on any atom is 0.240 e. The molecule has 8 heteroatoms. The molecule has 0 aliphatic carbocycles. The van der Waals surface area contributed by atoms with Crippen LogP contribution in [0.2, 0.25) is 0 Å². The molecule has 1 aromatic carbocycles. The van der Waals surface area contributed by atoms with E-state index in [2.05, 4.69) is 10.0 Å². The van der Waals surface area contributed by atoms with Crippen molar-refractivity contribution in [2.75, 3.05) is 13.1 Å². The maximum atomic E-state index is 13.1. The summed E-state index contributed by atoms with van der Waals surface area (Å²) in [4.78, 5) is -0.257. The molecule has 2 rings (SSSR count). The summed E-state index contributed by atoms with van der Waals surface area (Å²) in [6.45, 7) is 3.48. The average Bonchev–Trinajstić information content (AvgIpc) is 2.42. The molecular formula is C13H19ClF2N2O2S. The van der Waals surface area contributed by atoms with E-state index in [-0.39, 0.29) is 29.3 Å². The highest BCUT2D eigenvalue weighted by Crippen LogP contribution is 2.18. The van der Waals surface area contributed by atoms with Crippen molar-refractivity contribution in [3.63, 3.8) is 0 Å². The molecule has 2 atom stereocenters. The number of piperidine rings is 1. The number of hydrogen-bond acceptors (Lipinski definition) is 3. The minimum atomic E-state index is -3.83. The summed E-state index contributed by atoms with van der Waals surface area (Å²) in [6.07, 6.45) is 1.94. The Balaban J connectivity index is 0.00000220. The Kier molecular flexibility index (Phi) is 6.52. The van der Waals surface area contributed by atoms with Crippen molar-refractivity contribution in [1.82, 2.24) is 10.0 Å². The standard InChI is InChI=1S/C13H18F2N2O2S.ClH/c1-9(10-3-2-6-16-8-10)17-20(18,19)11-4-5-12(14)13(15)7-11;/h4-5,7,9-10,16-17H,2-3,6,8H2,1H3;1H. The van der Waals surface area contributed by atoms with Gasteiger partial charge in [-0.2, -0.15) is 0 Å². The first-order valence-electron chi connectivity index (χ1n) is 6.58. The quantitative estimate of drug-likeness (QED) is 0.882. The zero-order valence-corrected chi connectivity index (χ0v) is 13.2. The van der Waals surface area contributed by atoms with Gasteiger partial charge in [0.1, 0.15) is 0 Å². The van der Waals surface area contributed by atoms with E-state index in [1.54, 1.807) is 6.92 Å². The fourth-order valence-electron chi connectivity index (χ4n) is 2.36. The Morgan fingerprint density at radius 2 is 2.05 bits per heavy atom. The van der Waals surface area contributed by atoms with Crippen molar-refractivity contribution in [1.29, 1.82) is 0 Å². The van der Waals surface area contributed by atoms with Crippen LogP contribution in [0.25, 0.3) is 0 Å². The molecule has 0 aromatic heterocycles. The summed E-state index contributed by atoms with van der Waals surface area (Å²) in [6, 6.07) is 2.31. The second-order valence-corrected chi connectivity index (χ2v) is 6.81. The van der Waals surface area contributed by atoms with Crippen molar-refractivity contribution < 1.29 is 17.2 Å². The topological polar surface area (TPSA) is 58.2 Å². The third kappa shape index (κ3) is 4.60. The molecule has 0 saturated carbocycles. The molecule has 1 aliphatic heterocycles. The van der Waals surface area contributed by atoms with Crippen molar-refractivity contribution >= 4 is 22.4 Å². The van der Waals surface area contributed by atoms with Crippen LogP contribution in [0.4, 0.5) is 8.78 Å². The smallest absolute Gasteiger partial charge is 0.240 e. The van der Waals surface area contributed by atoms with Crippen LogP contribution in [0.3, 0.4) is 0 Å². The lowest BCUT2D eigenvalue weighted by atomic mass is 9.94. The van der Waals surface area contributed by atoms with Crippen LogP contribution in [-0.2, 0) is 10.0 Å². The van der Waals surface area contributed by atoms with Crippen LogP contribution in [0.15, 0.2) is 23.1 Å². The summed E-state index contributed by atoms with van der Waals surface area (Å²) in [7, 11) is -3.83. The maximum absolute atomic E-state index is 13.1. The molecule has 0 amide bonds. The third-order valence-electron chi connectivity index (χ3n) is 3.58. The molecule has 1 saturated heterocycles. The Labute approximate surface area is 129 Å². The van der Waals surface area contributed by atoms with Gasteiger partial charge < -0.3 is 5.32 Å². The van der Waals surface area contributed by atoms with Gasteiger partial charge in [-0.15, -0.1) is 12.4 Å². The first-order valence-corrected chi connectivity index (χ1v) is 8.06. The highest BCUT2D eigenvalue weighted by molar-refractivity contribution is 7.89. The summed E-state index contributed by atoms with van der Waals surface area (Å²) < 4.78 is 52.8. The molecule has 0 radical (unpaired) electrons. The molecule has 2 N–H and O–H groups in total. The lowest BCUT2D eigenvalue weighted by Crippen LogP contribution is -2.44. The predicted molar refractivity (Wildman–Crippen MR) is 79.0 cm³/mol. The monoisotopic (exact) mass is 340 g/mol. The summed E-state index contributed by atoms with van der Waals surface area (Å²) in [5.74, 6) is -2.03. The normalized spacial score (nSPS) is 20.6. The zero-order valence-electron chi connectivity index (χ0n) is 11.6. The van der Waals surface area contributed by atoms with Gasteiger partial charge in [-0.05, 0) is 57.0 Å². The van der Waals surface area contributed by atoms with Crippen LogP contribution in [0, 0.1) is 17.6 Å².